The summed E-state index contributed by atoms with van der Waals surface area (Å²) in [6.07, 6.45) is 1.29. The van der Waals surface area contributed by atoms with Crippen LogP contribution < -0.4 is 4.90 Å². The minimum atomic E-state index is 0.298. The average molecular weight is 336 g/mol. The van der Waals surface area contributed by atoms with Gasteiger partial charge in [-0.2, -0.15) is 0 Å². The molecule has 0 spiro atoms. The van der Waals surface area contributed by atoms with E-state index in [0.717, 1.165) is 19.6 Å². The lowest BCUT2D eigenvalue weighted by atomic mass is 9.73. The van der Waals surface area contributed by atoms with Gasteiger partial charge in [0.25, 0.3) is 0 Å². The van der Waals surface area contributed by atoms with Crippen LogP contribution in [0.4, 0.5) is 5.69 Å². The van der Waals surface area contributed by atoms with Crippen LogP contribution in [0.2, 0.25) is 0 Å². The first-order chi connectivity index (χ1) is 12.0. The summed E-state index contributed by atoms with van der Waals surface area (Å²) in [4.78, 5) is 5.22. The van der Waals surface area contributed by atoms with Gasteiger partial charge in [-0.15, -0.1) is 0 Å². The molecule has 3 nitrogen and oxygen atoms in total. The molecule has 3 fully saturated rings. The van der Waals surface area contributed by atoms with Crippen molar-refractivity contribution in [3.05, 3.63) is 60.2 Å². The maximum Gasteiger partial charge on any atom is 0.115 e. The van der Waals surface area contributed by atoms with Gasteiger partial charge in [0.05, 0.1) is 0 Å². The van der Waals surface area contributed by atoms with Crippen molar-refractivity contribution in [1.82, 2.24) is 4.90 Å². The molecule has 1 N–H and O–H groups in total. The summed E-state index contributed by atoms with van der Waals surface area (Å²) < 4.78 is 0. The number of anilines is 1. The van der Waals surface area contributed by atoms with Crippen molar-refractivity contribution in [1.29, 1.82) is 0 Å². The van der Waals surface area contributed by atoms with E-state index in [1.54, 1.807) is 0 Å². The Balaban J connectivity index is 1.60. The molecule has 3 saturated heterocycles. The third-order valence-electron chi connectivity index (χ3n) is 5.93. The molecule has 0 aromatic heterocycles. The predicted octanol–water partition coefficient (Wildman–Crippen LogP) is 4.13. The molecular weight excluding hydrogens is 308 g/mol. The summed E-state index contributed by atoms with van der Waals surface area (Å²) in [7, 11) is 0. The number of phenols is 1. The minimum Gasteiger partial charge on any atom is -0.508 e. The molecular formula is C22H28N2O. The number of nitrogens with zero attached hydrogens (tertiary/aromatic N) is 2. The smallest absolute Gasteiger partial charge is 0.115 e. The molecule has 0 saturated carbocycles. The third-order valence-corrected chi connectivity index (χ3v) is 5.93. The summed E-state index contributed by atoms with van der Waals surface area (Å²) in [5.41, 5.74) is 2.94. The SMILES string of the molecule is CC1(C)C[C@@H]2CN(Cc3ccccc3)CC1N(c1ccc(O)cc1)C2. The number of phenolic OH excluding ortho intramolecular Hbond substituents is 1. The Hall–Kier alpha value is -2.00. The second-order valence-corrected chi connectivity index (χ2v) is 8.42. The standard InChI is InChI=1S/C22H28N2O/c1-22(2)12-18-14-23(13-17-6-4-3-5-7-17)16-21(22)24(15-18)19-8-10-20(25)11-9-19/h3-11,18,21,25H,12-16H2,1-2H3/t18-,21?/m1/s1. The van der Waals surface area contributed by atoms with E-state index in [2.05, 4.69) is 66.1 Å². The lowest BCUT2D eigenvalue weighted by Crippen LogP contribution is -2.53. The van der Waals surface area contributed by atoms with Crippen LogP contribution >= 0.6 is 0 Å². The van der Waals surface area contributed by atoms with Crippen molar-refractivity contribution in [2.45, 2.75) is 32.9 Å². The molecule has 2 aromatic rings. The van der Waals surface area contributed by atoms with E-state index in [9.17, 15) is 5.11 Å². The fourth-order valence-corrected chi connectivity index (χ4v) is 4.82. The normalized spacial score (nSPS) is 25.8. The number of benzene rings is 2. The Morgan fingerprint density at radius 2 is 1.68 bits per heavy atom. The van der Waals surface area contributed by atoms with Gasteiger partial charge in [-0.25, -0.2) is 0 Å². The lowest BCUT2D eigenvalue weighted by Gasteiger charge is -2.48. The molecule has 2 aromatic carbocycles. The molecule has 3 heterocycles. The van der Waals surface area contributed by atoms with Crippen LogP contribution in [0.1, 0.15) is 25.8 Å². The van der Waals surface area contributed by atoms with Crippen molar-refractivity contribution in [3.63, 3.8) is 0 Å². The lowest BCUT2D eigenvalue weighted by molar-refractivity contribution is 0.190. The third kappa shape index (κ3) is 3.38. The summed E-state index contributed by atoms with van der Waals surface area (Å²) >= 11 is 0. The zero-order valence-electron chi connectivity index (χ0n) is 15.2. The Kier molecular flexibility index (Phi) is 4.20. The molecule has 0 radical (unpaired) electrons. The minimum absolute atomic E-state index is 0.298. The van der Waals surface area contributed by atoms with Gasteiger partial charge in [0.2, 0.25) is 0 Å². The van der Waals surface area contributed by atoms with Gasteiger partial charge in [-0.1, -0.05) is 44.2 Å². The second-order valence-electron chi connectivity index (χ2n) is 8.42. The molecule has 25 heavy (non-hydrogen) atoms. The highest BCUT2D eigenvalue weighted by atomic mass is 16.3. The molecule has 132 valence electrons. The van der Waals surface area contributed by atoms with Crippen molar-refractivity contribution < 1.29 is 5.11 Å². The first-order valence-electron chi connectivity index (χ1n) is 9.33. The van der Waals surface area contributed by atoms with E-state index >= 15 is 0 Å². The van der Waals surface area contributed by atoms with Gasteiger partial charge >= 0.3 is 0 Å². The van der Waals surface area contributed by atoms with Crippen LogP contribution in [0.3, 0.4) is 0 Å². The van der Waals surface area contributed by atoms with Crippen molar-refractivity contribution >= 4 is 5.69 Å². The van der Waals surface area contributed by atoms with Crippen molar-refractivity contribution in [2.24, 2.45) is 11.3 Å². The Morgan fingerprint density at radius 3 is 2.40 bits per heavy atom. The van der Waals surface area contributed by atoms with Crippen LogP contribution in [0.25, 0.3) is 0 Å². The molecule has 3 heteroatoms. The quantitative estimate of drug-likeness (QED) is 0.913. The largest absolute Gasteiger partial charge is 0.508 e. The zero-order chi connectivity index (χ0) is 17.4. The molecule has 2 atom stereocenters. The highest BCUT2D eigenvalue weighted by Gasteiger charge is 2.45. The summed E-state index contributed by atoms with van der Waals surface area (Å²) in [5, 5.41) is 9.62. The first kappa shape index (κ1) is 16.5. The van der Waals surface area contributed by atoms with Crippen molar-refractivity contribution in [3.8, 4) is 5.75 Å². The highest BCUT2D eigenvalue weighted by molar-refractivity contribution is 5.51. The van der Waals surface area contributed by atoms with E-state index in [4.69, 9.17) is 0 Å². The molecule has 3 aliphatic heterocycles. The molecule has 5 rings (SSSR count). The summed E-state index contributed by atoms with van der Waals surface area (Å²) in [5.74, 6) is 1.03. The predicted molar refractivity (Wildman–Crippen MR) is 103 cm³/mol. The first-order valence-corrected chi connectivity index (χ1v) is 9.33. The van der Waals surface area contributed by atoms with Crippen LogP contribution in [-0.4, -0.2) is 35.7 Å². The van der Waals surface area contributed by atoms with E-state index < -0.39 is 0 Å². The molecule has 2 bridgehead atoms. The number of rotatable bonds is 3. The topological polar surface area (TPSA) is 26.7 Å². The molecule has 0 aliphatic carbocycles. The van der Waals surface area contributed by atoms with E-state index in [-0.39, 0.29) is 0 Å². The van der Waals surface area contributed by atoms with Gasteiger partial charge in [0, 0.05) is 37.9 Å². The van der Waals surface area contributed by atoms with Gasteiger partial charge in [-0.05, 0) is 47.6 Å². The zero-order valence-corrected chi connectivity index (χ0v) is 15.2. The van der Waals surface area contributed by atoms with Crippen molar-refractivity contribution in [2.75, 3.05) is 24.5 Å². The van der Waals surface area contributed by atoms with Gasteiger partial charge in [0.15, 0.2) is 0 Å². The average Bonchev–Trinajstić information content (AvgIpc) is 2.82. The van der Waals surface area contributed by atoms with Crippen LogP contribution in [0.15, 0.2) is 54.6 Å². The number of piperidine rings is 1. The van der Waals surface area contributed by atoms with Crippen LogP contribution in [0, 0.1) is 11.3 Å². The van der Waals surface area contributed by atoms with Gasteiger partial charge in [0.1, 0.15) is 5.75 Å². The molecule has 1 unspecified atom stereocenters. The van der Waals surface area contributed by atoms with E-state index in [0.29, 0.717) is 23.1 Å². The number of hydrogen-bond acceptors (Lipinski definition) is 3. The Morgan fingerprint density at radius 1 is 0.960 bits per heavy atom. The molecule has 0 amide bonds. The monoisotopic (exact) mass is 336 g/mol. The van der Waals surface area contributed by atoms with Crippen LogP contribution in [0.5, 0.6) is 5.75 Å². The van der Waals surface area contributed by atoms with E-state index in [1.807, 2.05) is 12.1 Å². The highest BCUT2D eigenvalue weighted by Crippen LogP contribution is 2.43. The van der Waals surface area contributed by atoms with Gasteiger partial charge < -0.3 is 10.0 Å². The summed E-state index contributed by atoms with van der Waals surface area (Å²) in [6.45, 7) is 9.26. The maximum absolute atomic E-state index is 9.62. The second kappa shape index (κ2) is 6.38. The fraction of sp³-hybridized carbons (Fsp3) is 0.455. The number of fused-ring (bicyclic) bond motifs is 4. The van der Waals surface area contributed by atoms with E-state index in [1.165, 1.54) is 24.2 Å². The van der Waals surface area contributed by atoms with Gasteiger partial charge in [-0.3, -0.25) is 4.90 Å². The maximum atomic E-state index is 9.62. The molecule has 3 aliphatic rings. The Labute approximate surface area is 150 Å². The number of aromatic hydroxyl groups is 1. The Bertz CT molecular complexity index is 711. The van der Waals surface area contributed by atoms with Crippen LogP contribution in [-0.2, 0) is 6.54 Å². The number of hydrogen-bond donors (Lipinski definition) is 1. The fourth-order valence-electron chi connectivity index (χ4n) is 4.82. The summed E-state index contributed by atoms with van der Waals surface area (Å²) in [6, 6.07) is 19.1.